The van der Waals surface area contributed by atoms with E-state index in [2.05, 4.69) is 38.9 Å². The quantitative estimate of drug-likeness (QED) is 0.668. The topological polar surface area (TPSA) is 84.6 Å². The van der Waals surface area contributed by atoms with Gasteiger partial charge in [-0.3, -0.25) is 0 Å². The molecule has 0 bridgehead atoms. The van der Waals surface area contributed by atoms with Gasteiger partial charge >= 0.3 is 0 Å². The zero-order chi connectivity index (χ0) is 15.8. The third-order valence-electron chi connectivity index (χ3n) is 4.31. The van der Waals surface area contributed by atoms with Crippen LogP contribution in [0, 0.1) is 23.2 Å². The monoisotopic (exact) mass is 304 g/mol. The van der Waals surface area contributed by atoms with E-state index < -0.39 is 0 Å². The van der Waals surface area contributed by atoms with Crippen molar-refractivity contribution in [3.8, 4) is 6.07 Å². The van der Waals surface area contributed by atoms with Gasteiger partial charge in [0, 0.05) is 13.1 Å². The Bertz CT molecular complexity index is 444. The Balaban J connectivity index is 1.92. The van der Waals surface area contributed by atoms with Gasteiger partial charge in [0.05, 0.1) is 12.1 Å². The van der Waals surface area contributed by atoms with Crippen molar-refractivity contribution in [1.82, 2.24) is 16.0 Å². The first-order chi connectivity index (χ1) is 10.7. The van der Waals surface area contributed by atoms with Crippen LogP contribution in [-0.4, -0.2) is 44.0 Å². The number of unbranched alkanes of at least 4 members (excludes halogenated alkanes) is 1. The zero-order valence-electron chi connectivity index (χ0n) is 13.7. The average Bonchev–Trinajstić information content (AvgIpc) is 2.54. The van der Waals surface area contributed by atoms with E-state index in [-0.39, 0.29) is 12.0 Å². The van der Waals surface area contributed by atoms with Crippen LogP contribution in [0.5, 0.6) is 0 Å². The fourth-order valence-electron chi connectivity index (χ4n) is 2.83. The van der Waals surface area contributed by atoms with Crippen molar-refractivity contribution in [2.75, 3.05) is 26.2 Å². The summed E-state index contributed by atoms with van der Waals surface area (Å²) in [6.07, 6.45) is 4.60. The standard InChI is InChI=1S/C16H28N6/c1-3-4-7-19-15-14(10-17)12(2)21-16(22-15)20-11-13-5-8-18-9-6-13/h12-14,18H,3-9,11H2,1-2H3,(H2,19,20,21,22). The molecule has 122 valence electrons. The SMILES string of the molecule is CCCCNC1=NC(NCC2CCNCC2)=NC(C)C1C#N. The largest absolute Gasteiger partial charge is 0.372 e. The van der Waals surface area contributed by atoms with Gasteiger partial charge < -0.3 is 16.0 Å². The number of hydrogen-bond donors (Lipinski definition) is 3. The number of aliphatic imine (C=N–C) groups is 2. The van der Waals surface area contributed by atoms with E-state index in [4.69, 9.17) is 0 Å². The van der Waals surface area contributed by atoms with Crippen LogP contribution in [-0.2, 0) is 0 Å². The second-order valence-corrected chi connectivity index (χ2v) is 6.15. The summed E-state index contributed by atoms with van der Waals surface area (Å²) in [4.78, 5) is 9.08. The lowest BCUT2D eigenvalue weighted by Gasteiger charge is -2.26. The first kappa shape index (κ1) is 16.8. The molecule has 22 heavy (non-hydrogen) atoms. The first-order valence-corrected chi connectivity index (χ1v) is 8.49. The van der Waals surface area contributed by atoms with E-state index in [0.29, 0.717) is 11.9 Å². The van der Waals surface area contributed by atoms with E-state index in [9.17, 15) is 5.26 Å². The summed E-state index contributed by atoms with van der Waals surface area (Å²) in [7, 11) is 0. The molecule has 0 aliphatic carbocycles. The highest BCUT2D eigenvalue weighted by Crippen LogP contribution is 2.14. The van der Waals surface area contributed by atoms with Crippen molar-refractivity contribution in [3.05, 3.63) is 0 Å². The molecule has 2 aliphatic heterocycles. The van der Waals surface area contributed by atoms with Gasteiger partial charge in [-0.25, -0.2) is 4.99 Å². The third-order valence-corrected chi connectivity index (χ3v) is 4.31. The molecule has 0 aromatic heterocycles. The summed E-state index contributed by atoms with van der Waals surface area (Å²) in [5.41, 5.74) is 0. The highest BCUT2D eigenvalue weighted by molar-refractivity contribution is 6.00. The highest BCUT2D eigenvalue weighted by atomic mass is 15.2. The molecule has 0 aromatic rings. The average molecular weight is 304 g/mol. The number of nitrogens with one attached hydrogen (secondary N) is 3. The van der Waals surface area contributed by atoms with Crippen LogP contribution in [0.1, 0.15) is 39.5 Å². The minimum atomic E-state index is -0.263. The fraction of sp³-hybridized carbons (Fsp3) is 0.812. The van der Waals surface area contributed by atoms with Crippen LogP contribution in [0.2, 0.25) is 0 Å². The minimum absolute atomic E-state index is 0.0536. The molecular formula is C16H28N6. The second kappa shape index (κ2) is 8.74. The normalized spacial score (nSPS) is 25.9. The van der Waals surface area contributed by atoms with Crippen LogP contribution >= 0.6 is 0 Å². The maximum Gasteiger partial charge on any atom is 0.220 e. The molecule has 0 amide bonds. The summed E-state index contributed by atoms with van der Waals surface area (Å²) in [5.74, 6) is 1.86. The molecule has 1 saturated heterocycles. The molecule has 0 saturated carbocycles. The third kappa shape index (κ3) is 4.70. The van der Waals surface area contributed by atoms with Gasteiger partial charge in [-0.1, -0.05) is 13.3 Å². The van der Waals surface area contributed by atoms with Crippen molar-refractivity contribution in [1.29, 1.82) is 5.26 Å². The first-order valence-electron chi connectivity index (χ1n) is 8.49. The van der Waals surface area contributed by atoms with E-state index >= 15 is 0 Å². The van der Waals surface area contributed by atoms with Gasteiger partial charge in [0.1, 0.15) is 11.8 Å². The molecule has 0 aromatic carbocycles. The van der Waals surface area contributed by atoms with Gasteiger partial charge in [-0.2, -0.15) is 10.3 Å². The van der Waals surface area contributed by atoms with Gasteiger partial charge in [0.25, 0.3) is 0 Å². The van der Waals surface area contributed by atoms with Gasteiger partial charge in [0.2, 0.25) is 5.96 Å². The van der Waals surface area contributed by atoms with Gasteiger partial charge in [-0.05, 0) is 45.2 Å². The number of nitrogens with zero attached hydrogens (tertiary/aromatic N) is 3. The minimum Gasteiger partial charge on any atom is -0.372 e. The molecule has 1 fully saturated rings. The summed E-state index contributed by atoms with van der Waals surface area (Å²) in [6, 6.07) is 2.27. The second-order valence-electron chi connectivity index (χ2n) is 6.15. The Morgan fingerprint density at radius 1 is 1.32 bits per heavy atom. The Morgan fingerprint density at radius 2 is 2.09 bits per heavy atom. The Labute approximate surface area is 133 Å². The number of nitriles is 1. The lowest BCUT2D eigenvalue weighted by atomic mass is 9.98. The molecule has 0 radical (unpaired) electrons. The van der Waals surface area contributed by atoms with Crippen LogP contribution in [0.4, 0.5) is 0 Å². The number of guanidine groups is 1. The summed E-state index contributed by atoms with van der Waals surface area (Å²) in [6.45, 7) is 8.11. The summed E-state index contributed by atoms with van der Waals surface area (Å²) in [5, 5.41) is 19.4. The molecular weight excluding hydrogens is 276 g/mol. The molecule has 2 atom stereocenters. The van der Waals surface area contributed by atoms with E-state index in [0.717, 1.165) is 44.9 Å². The summed E-state index contributed by atoms with van der Waals surface area (Å²) >= 11 is 0. The lowest BCUT2D eigenvalue weighted by Crippen LogP contribution is -2.43. The van der Waals surface area contributed by atoms with Crippen molar-refractivity contribution in [2.45, 2.75) is 45.6 Å². The van der Waals surface area contributed by atoms with Gasteiger partial charge in [0.15, 0.2) is 0 Å². The lowest BCUT2D eigenvalue weighted by molar-refractivity contribution is 0.371. The molecule has 2 heterocycles. The van der Waals surface area contributed by atoms with Crippen molar-refractivity contribution in [3.63, 3.8) is 0 Å². The fourth-order valence-corrected chi connectivity index (χ4v) is 2.83. The molecule has 2 aliphatic rings. The van der Waals surface area contributed by atoms with Crippen LogP contribution < -0.4 is 16.0 Å². The molecule has 3 N–H and O–H groups in total. The molecule has 2 unspecified atom stereocenters. The van der Waals surface area contributed by atoms with Crippen LogP contribution in [0.15, 0.2) is 9.98 Å². The van der Waals surface area contributed by atoms with Gasteiger partial charge in [-0.15, -0.1) is 0 Å². The molecule has 2 rings (SSSR count). The smallest absolute Gasteiger partial charge is 0.220 e. The molecule has 0 spiro atoms. The van der Waals surface area contributed by atoms with Crippen LogP contribution in [0.25, 0.3) is 0 Å². The van der Waals surface area contributed by atoms with Crippen LogP contribution in [0.3, 0.4) is 0 Å². The maximum absolute atomic E-state index is 9.34. The number of rotatable bonds is 5. The number of piperidine rings is 1. The Morgan fingerprint density at radius 3 is 2.77 bits per heavy atom. The predicted octanol–water partition coefficient (Wildman–Crippen LogP) is 1.26. The Kier molecular flexibility index (Phi) is 6.66. The summed E-state index contributed by atoms with van der Waals surface area (Å²) < 4.78 is 0. The predicted molar refractivity (Wildman–Crippen MR) is 89.9 cm³/mol. The number of amidine groups is 1. The van der Waals surface area contributed by atoms with Crippen molar-refractivity contribution < 1.29 is 0 Å². The van der Waals surface area contributed by atoms with E-state index in [1.807, 2.05) is 6.92 Å². The van der Waals surface area contributed by atoms with E-state index in [1.54, 1.807) is 0 Å². The Hall–Kier alpha value is -1.61. The maximum atomic E-state index is 9.34. The zero-order valence-corrected chi connectivity index (χ0v) is 13.7. The van der Waals surface area contributed by atoms with Crippen molar-refractivity contribution in [2.24, 2.45) is 21.8 Å². The molecule has 6 heteroatoms. The molecule has 6 nitrogen and oxygen atoms in total. The van der Waals surface area contributed by atoms with E-state index in [1.165, 1.54) is 12.8 Å². The number of hydrogen-bond acceptors (Lipinski definition) is 6. The van der Waals surface area contributed by atoms with Crippen molar-refractivity contribution >= 4 is 11.8 Å². The highest BCUT2D eigenvalue weighted by Gasteiger charge is 2.27.